The lowest BCUT2D eigenvalue weighted by molar-refractivity contribution is 0.0697. The van der Waals surface area contributed by atoms with Crippen molar-refractivity contribution in [3.63, 3.8) is 0 Å². The number of aromatic carboxylic acids is 1. The van der Waals surface area contributed by atoms with Gasteiger partial charge in [-0.05, 0) is 30.7 Å². The lowest BCUT2D eigenvalue weighted by Crippen LogP contribution is -1.98. The van der Waals surface area contributed by atoms with E-state index in [-0.39, 0.29) is 5.56 Å². The van der Waals surface area contributed by atoms with Crippen LogP contribution in [0.15, 0.2) is 36.4 Å². The molecule has 0 atom stereocenters. The zero-order valence-corrected chi connectivity index (χ0v) is 10.6. The van der Waals surface area contributed by atoms with Gasteiger partial charge in [0.1, 0.15) is 5.75 Å². The molecule has 0 fully saturated rings. The van der Waals surface area contributed by atoms with Crippen molar-refractivity contribution >= 4 is 5.97 Å². The third kappa shape index (κ3) is 3.01. The second-order valence-corrected chi connectivity index (χ2v) is 3.91. The average molecular weight is 259 g/mol. The molecule has 1 aromatic carbocycles. The number of benzene rings is 1. The molecule has 0 radical (unpaired) electrons. The van der Waals surface area contributed by atoms with Gasteiger partial charge in [0.25, 0.3) is 0 Å². The number of nitrogens with zero attached hydrogens (tertiary/aromatic N) is 1. The van der Waals surface area contributed by atoms with Gasteiger partial charge in [0.15, 0.2) is 0 Å². The fourth-order valence-corrected chi connectivity index (χ4v) is 1.58. The van der Waals surface area contributed by atoms with Gasteiger partial charge in [0, 0.05) is 12.1 Å². The first kappa shape index (κ1) is 12.9. The van der Waals surface area contributed by atoms with Gasteiger partial charge in [-0.25, -0.2) is 4.79 Å². The van der Waals surface area contributed by atoms with Crippen LogP contribution in [0.25, 0.3) is 0 Å². The number of methoxy groups -OCH3 is 1. The topological polar surface area (TPSA) is 68.7 Å². The summed E-state index contributed by atoms with van der Waals surface area (Å²) >= 11 is 0. The molecule has 0 aliphatic heterocycles. The molecule has 2 aromatic rings. The van der Waals surface area contributed by atoms with E-state index in [4.69, 9.17) is 14.6 Å². The van der Waals surface area contributed by atoms with Gasteiger partial charge in [-0.15, -0.1) is 0 Å². The van der Waals surface area contributed by atoms with Gasteiger partial charge in [0.2, 0.25) is 11.8 Å². The molecule has 0 amide bonds. The Bertz CT molecular complexity index is 610. The van der Waals surface area contributed by atoms with Crippen LogP contribution in [0.4, 0.5) is 0 Å². The van der Waals surface area contributed by atoms with Crippen molar-refractivity contribution in [2.24, 2.45) is 0 Å². The first-order valence-corrected chi connectivity index (χ1v) is 5.63. The molecule has 0 aliphatic rings. The molecule has 0 aliphatic carbocycles. The van der Waals surface area contributed by atoms with Gasteiger partial charge in [0.05, 0.1) is 12.7 Å². The van der Waals surface area contributed by atoms with Gasteiger partial charge < -0.3 is 14.6 Å². The first-order valence-electron chi connectivity index (χ1n) is 5.63. The summed E-state index contributed by atoms with van der Waals surface area (Å²) in [5, 5.41) is 8.89. The zero-order valence-electron chi connectivity index (χ0n) is 10.6. The van der Waals surface area contributed by atoms with Crippen LogP contribution >= 0.6 is 0 Å². The number of hydrogen-bond acceptors (Lipinski definition) is 4. The van der Waals surface area contributed by atoms with E-state index in [0.717, 1.165) is 5.56 Å². The van der Waals surface area contributed by atoms with E-state index in [1.54, 1.807) is 37.3 Å². The molecule has 0 saturated heterocycles. The van der Waals surface area contributed by atoms with Crippen molar-refractivity contribution in [2.45, 2.75) is 6.92 Å². The summed E-state index contributed by atoms with van der Waals surface area (Å²) in [7, 11) is 1.53. The van der Waals surface area contributed by atoms with Crippen molar-refractivity contribution in [1.82, 2.24) is 4.98 Å². The van der Waals surface area contributed by atoms with Crippen LogP contribution < -0.4 is 9.47 Å². The summed E-state index contributed by atoms with van der Waals surface area (Å²) in [6, 6.07) is 9.84. The van der Waals surface area contributed by atoms with Crippen molar-refractivity contribution < 1.29 is 19.4 Å². The summed E-state index contributed by atoms with van der Waals surface area (Å²) in [6.07, 6.45) is 0. The van der Waals surface area contributed by atoms with E-state index >= 15 is 0 Å². The minimum Gasteiger partial charge on any atom is -0.481 e. The summed E-state index contributed by atoms with van der Waals surface area (Å²) in [5.41, 5.74) is 0.952. The molecule has 0 unspecified atom stereocenters. The smallest absolute Gasteiger partial charge is 0.335 e. The third-order valence-electron chi connectivity index (χ3n) is 2.54. The fraction of sp³-hybridized carbons (Fsp3) is 0.143. The lowest BCUT2D eigenvalue weighted by Gasteiger charge is -2.09. The number of pyridine rings is 1. The van der Waals surface area contributed by atoms with Crippen molar-refractivity contribution in [3.05, 3.63) is 47.5 Å². The standard InChI is InChI=1S/C14H13NO4/c1-9-8-10(14(16)17)6-7-11(9)19-13-5-3-4-12(15-13)18-2/h3-8H,1-2H3,(H,16,17). The Morgan fingerprint density at radius 3 is 2.58 bits per heavy atom. The quantitative estimate of drug-likeness (QED) is 0.914. The molecule has 98 valence electrons. The fourth-order valence-electron chi connectivity index (χ4n) is 1.58. The molecule has 1 N–H and O–H groups in total. The molecule has 2 rings (SSSR count). The van der Waals surface area contributed by atoms with Crippen LogP contribution in [0.3, 0.4) is 0 Å². The zero-order chi connectivity index (χ0) is 13.8. The molecular weight excluding hydrogens is 246 g/mol. The van der Waals surface area contributed by atoms with Gasteiger partial charge in [-0.1, -0.05) is 6.07 Å². The van der Waals surface area contributed by atoms with Crippen LogP contribution in [0.1, 0.15) is 15.9 Å². The van der Waals surface area contributed by atoms with E-state index in [1.165, 1.54) is 13.2 Å². The van der Waals surface area contributed by atoms with Crippen LogP contribution in [-0.4, -0.2) is 23.2 Å². The van der Waals surface area contributed by atoms with E-state index in [0.29, 0.717) is 17.5 Å². The highest BCUT2D eigenvalue weighted by Crippen LogP contribution is 2.25. The average Bonchev–Trinajstić information content (AvgIpc) is 2.41. The number of carbonyl (C=O) groups is 1. The maximum Gasteiger partial charge on any atom is 0.335 e. The van der Waals surface area contributed by atoms with Crippen molar-refractivity contribution in [1.29, 1.82) is 0 Å². The van der Waals surface area contributed by atoms with Crippen LogP contribution in [-0.2, 0) is 0 Å². The number of rotatable bonds is 4. The molecule has 5 nitrogen and oxygen atoms in total. The molecule has 0 saturated carbocycles. The number of carboxylic acids is 1. The summed E-state index contributed by atoms with van der Waals surface area (Å²) in [4.78, 5) is 15.0. The SMILES string of the molecule is COc1cccc(Oc2ccc(C(=O)O)cc2C)n1. The second kappa shape index (κ2) is 5.39. The number of aromatic nitrogens is 1. The highest BCUT2D eigenvalue weighted by atomic mass is 16.5. The van der Waals surface area contributed by atoms with Gasteiger partial charge in [-0.3, -0.25) is 0 Å². The number of ether oxygens (including phenoxy) is 2. The number of carboxylic acid groups (broad SMARTS) is 1. The van der Waals surface area contributed by atoms with Crippen LogP contribution in [0, 0.1) is 6.92 Å². The van der Waals surface area contributed by atoms with Gasteiger partial charge >= 0.3 is 5.97 Å². The molecule has 5 heteroatoms. The highest BCUT2D eigenvalue weighted by molar-refractivity contribution is 5.88. The Morgan fingerprint density at radius 1 is 1.21 bits per heavy atom. The maximum absolute atomic E-state index is 10.8. The van der Waals surface area contributed by atoms with Crippen LogP contribution in [0.5, 0.6) is 17.5 Å². The Kier molecular flexibility index (Phi) is 3.66. The predicted molar refractivity (Wildman–Crippen MR) is 69.0 cm³/mol. The molecule has 0 spiro atoms. The molecule has 1 heterocycles. The lowest BCUT2D eigenvalue weighted by atomic mass is 10.1. The van der Waals surface area contributed by atoms with E-state index in [1.807, 2.05) is 0 Å². The Balaban J connectivity index is 2.25. The molecule has 1 aromatic heterocycles. The number of hydrogen-bond donors (Lipinski definition) is 1. The second-order valence-electron chi connectivity index (χ2n) is 3.91. The minimum absolute atomic E-state index is 0.225. The van der Waals surface area contributed by atoms with Gasteiger partial charge in [-0.2, -0.15) is 4.98 Å². The normalized spacial score (nSPS) is 10.0. The largest absolute Gasteiger partial charge is 0.481 e. The third-order valence-corrected chi connectivity index (χ3v) is 2.54. The predicted octanol–water partition coefficient (Wildman–Crippen LogP) is 2.89. The summed E-state index contributed by atoms with van der Waals surface area (Å²) in [5.74, 6) is 0.447. The van der Waals surface area contributed by atoms with Crippen LogP contribution in [0.2, 0.25) is 0 Å². The Morgan fingerprint density at radius 2 is 1.95 bits per heavy atom. The van der Waals surface area contributed by atoms with Crippen molar-refractivity contribution in [3.8, 4) is 17.5 Å². The van der Waals surface area contributed by atoms with Crippen molar-refractivity contribution in [2.75, 3.05) is 7.11 Å². The Labute approximate surface area is 110 Å². The molecule has 0 bridgehead atoms. The maximum atomic E-state index is 10.8. The Hall–Kier alpha value is -2.56. The molecular formula is C14H13NO4. The van der Waals surface area contributed by atoms with E-state index in [2.05, 4.69) is 4.98 Å². The van der Waals surface area contributed by atoms with E-state index < -0.39 is 5.97 Å². The van der Waals surface area contributed by atoms with E-state index in [9.17, 15) is 4.79 Å². The minimum atomic E-state index is -0.964. The molecule has 19 heavy (non-hydrogen) atoms. The first-order chi connectivity index (χ1) is 9.10. The summed E-state index contributed by atoms with van der Waals surface area (Å²) in [6.45, 7) is 1.78. The summed E-state index contributed by atoms with van der Waals surface area (Å²) < 4.78 is 10.6. The number of aryl methyl sites for hydroxylation is 1. The highest BCUT2D eigenvalue weighted by Gasteiger charge is 2.08. The monoisotopic (exact) mass is 259 g/mol.